The number of nitrogens with zero attached hydrogens (tertiary/aromatic N) is 2. The zero-order valence-electron chi connectivity index (χ0n) is 10.3. The third-order valence-corrected chi connectivity index (χ3v) is 2.95. The molecule has 2 rings (SSSR count). The Hall–Kier alpha value is -2.10. The molecule has 2 heterocycles. The van der Waals surface area contributed by atoms with E-state index in [0.717, 1.165) is 37.0 Å². The molecular weight excluding hydrogens is 228 g/mol. The van der Waals surface area contributed by atoms with Crippen LogP contribution in [0.2, 0.25) is 0 Å². The Morgan fingerprint density at radius 1 is 1.50 bits per heavy atom. The van der Waals surface area contributed by atoms with Crippen molar-refractivity contribution in [3.8, 4) is 0 Å². The van der Waals surface area contributed by atoms with E-state index < -0.39 is 5.97 Å². The quantitative estimate of drug-likeness (QED) is 0.655. The summed E-state index contributed by atoms with van der Waals surface area (Å²) in [6.07, 6.45) is 7.63. The second kappa shape index (κ2) is 5.49. The molecule has 0 radical (unpaired) electrons. The van der Waals surface area contributed by atoms with Crippen LogP contribution in [0.15, 0.2) is 36.1 Å². The van der Waals surface area contributed by atoms with Gasteiger partial charge in [-0.3, -0.25) is 0 Å². The maximum atomic E-state index is 10.4. The SMILES string of the molecule is CC1=CCN(c2ccc(/C=C/C(=O)O)cn2)CC1. The fraction of sp³-hybridized carbons (Fsp3) is 0.286. The molecule has 1 aliphatic heterocycles. The standard InChI is InChI=1S/C14H16N2O2/c1-11-6-8-16(9-7-11)13-4-2-12(10-15-13)3-5-14(17)18/h2-6,10H,7-9H2,1H3,(H,17,18)/b5-3+. The summed E-state index contributed by atoms with van der Waals surface area (Å²) in [6.45, 7) is 4.02. The minimum Gasteiger partial charge on any atom is -0.478 e. The number of hydrogen-bond donors (Lipinski definition) is 1. The summed E-state index contributed by atoms with van der Waals surface area (Å²) in [5, 5.41) is 8.54. The van der Waals surface area contributed by atoms with Crippen molar-refractivity contribution in [2.75, 3.05) is 18.0 Å². The Balaban J connectivity index is 2.06. The van der Waals surface area contributed by atoms with Crippen molar-refractivity contribution >= 4 is 17.9 Å². The Bertz CT molecular complexity index is 489. The molecule has 1 aromatic rings. The lowest BCUT2D eigenvalue weighted by molar-refractivity contribution is -0.131. The molecule has 1 aliphatic rings. The predicted octanol–water partition coefficient (Wildman–Crippen LogP) is 2.34. The van der Waals surface area contributed by atoms with Crippen LogP contribution >= 0.6 is 0 Å². The first-order valence-electron chi connectivity index (χ1n) is 5.93. The van der Waals surface area contributed by atoms with E-state index >= 15 is 0 Å². The molecule has 1 aromatic heterocycles. The number of hydrogen-bond acceptors (Lipinski definition) is 3. The first kappa shape index (κ1) is 12.4. The van der Waals surface area contributed by atoms with Gasteiger partial charge in [-0.2, -0.15) is 0 Å². The fourth-order valence-electron chi connectivity index (χ4n) is 1.83. The molecule has 1 N–H and O–H groups in total. The molecule has 0 aliphatic carbocycles. The average Bonchev–Trinajstić information content (AvgIpc) is 2.38. The smallest absolute Gasteiger partial charge is 0.328 e. The van der Waals surface area contributed by atoms with Crippen LogP contribution in [0.25, 0.3) is 6.08 Å². The highest BCUT2D eigenvalue weighted by atomic mass is 16.4. The third-order valence-electron chi connectivity index (χ3n) is 2.95. The number of carboxylic acids is 1. The van der Waals surface area contributed by atoms with Crippen LogP contribution in [0.1, 0.15) is 18.9 Å². The first-order chi connectivity index (χ1) is 8.65. The minimum absolute atomic E-state index is 0.796. The zero-order valence-corrected chi connectivity index (χ0v) is 10.3. The molecule has 0 bridgehead atoms. The number of carbonyl (C=O) groups is 1. The van der Waals surface area contributed by atoms with Crippen molar-refractivity contribution < 1.29 is 9.90 Å². The summed E-state index contributed by atoms with van der Waals surface area (Å²) in [7, 11) is 0. The van der Waals surface area contributed by atoms with Gasteiger partial charge in [0, 0.05) is 25.4 Å². The molecule has 18 heavy (non-hydrogen) atoms. The highest BCUT2D eigenvalue weighted by Gasteiger charge is 2.10. The monoisotopic (exact) mass is 244 g/mol. The molecule has 0 saturated heterocycles. The van der Waals surface area contributed by atoms with E-state index in [4.69, 9.17) is 5.11 Å². The van der Waals surface area contributed by atoms with Gasteiger partial charge in [0.2, 0.25) is 0 Å². The third kappa shape index (κ3) is 3.20. The summed E-state index contributed by atoms with van der Waals surface area (Å²) in [4.78, 5) is 17.0. The van der Waals surface area contributed by atoms with Gasteiger partial charge >= 0.3 is 5.97 Å². The van der Waals surface area contributed by atoms with Crippen LogP contribution in [0.3, 0.4) is 0 Å². The van der Waals surface area contributed by atoms with Crippen LogP contribution in [-0.2, 0) is 4.79 Å². The number of aliphatic carboxylic acids is 1. The van der Waals surface area contributed by atoms with Gasteiger partial charge in [0.1, 0.15) is 5.82 Å². The average molecular weight is 244 g/mol. The summed E-state index contributed by atoms with van der Waals surface area (Å²) >= 11 is 0. The van der Waals surface area contributed by atoms with Gasteiger partial charge in [0.15, 0.2) is 0 Å². The normalized spacial score (nSPS) is 15.8. The van der Waals surface area contributed by atoms with Gasteiger partial charge in [-0.15, -0.1) is 0 Å². The minimum atomic E-state index is -0.948. The second-order valence-electron chi connectivity index (χ2n) is 4.37. The highest BCUT2D eigenvalue weighted by molar-refractivity contribution is 5.85. The van der Waals surface area contributed by atoms with Crippen molar-refractivity contribution in [2.24, 2.45) is 0 Å². The van der Waals surface area contributed by atoms with E-state index in [9.17, 15) is 4.79 Å². The zero-order chi connectivity index (χ0) is 13.0. The molecule has 0 atom stereocenters. The van der Waals surface area contributed by atoms with Crippen molar-refractivity contribution in [3.05, 3.63) is 41.6 Å². The van der Waals surface area contributed by atoms with Gasteiger partial charge in [0.05, 0.1) is 0 Å². The predicted molar refractivity (Wildman–Crippen MR) is 71.5 cm³/mol. The van der Waals surface area contributed by atoms with Gasteiger partial charge in [-0.25, -0.2) is 9.78 Å². The van der Waals surface area contributed by atoms with E-state index in [0.29, 0.717) is 0 Å². The molecule has 0 spiro atoms. The molecule has 0 aromatic carbocycles. The van der Waals surface area contributed by atoms with E-state index in [2.05, 4.69) is 22.9 Å². The topological polar surface area (TPSA) is 53.4 Å². The number of anilines is 1. The van der Waals surface area contributed by atoms with Gasteiger partial charge < -0.3 is 10.0 Å². The Kier molecular flexibility index (Phi) is 3.77. The summed E-state index contributed by atoms with van der Waals surface area (Å²) < 4.78 is 0. The lowest BCUT2D eigenvalue weighted by atomic mass is 10.1. The summed E-state index contributed by atoms with van der Waals surface area (Å²) in [6, 6.07) is 3.81. The van der Waals surface area contributed by atoms with Gasteiger partial charge in [0.25, 0.3) is 0 Å². The van der Waals surface area contributed by atoms with Crippen LogP contribution in [0, 0.1) is 0 Å². The molecule has 4 heteroatoms. The number of carboxylic acid groups (broad SMARTS) is 1. The second-order valence-corrected chi connectivity index (χ2v) is 4.37. The fourth-order valence-corrected chi connectivity index (χ4v) is 1.83. The molecule has 0 fully saturated rings. The number of rotatable bonds is 3. The van der Waals surface area contributed by atoms with Gasteiger partial charge in [-0.1, -0.05) is 11.6 Å². The maximum absolute atomic E-state index is 10.4. The molecular formula is C14H16N2O2. The maximum Gasteiger partial charge on any atom is 0.328 e. The van der Waals surface area contributed by atoms with Crippen molar-refractivity contribution in [1.29, 1.82) is 0 Å². The van der Waals surface area contributed by atoms with Crippen LogP contribution in [0.4, 0.5) is 5.82 Å². The summed E-state index contributed by atoms with van der Waals surface area (Å²) in [5.41, 5.74) is 2.22. The Morgan fingerprint density at radius 2 is 2.33 bits per heavy atom. The lowest BCUT2D eigenvalue weighted by Crippen LogP contribution is -2.28. The van der Waals surface area contributed by atoms with Crippen molar-refractivity contribution in [2.45, 2.75) is 13.3 Å². The lowest BCUT2D eigenvalue weighted by Gasteiger charge is -2.26. The van der Waals surface area contributed by atoms with Gasteiger partial charge in [-0.05, 0) is 37.1 Å². The Morgan fingerprint density at radius 3 is 2.89 bits per heavy atom. The summed E-state index contributed by atoms with van der Waals surface area (Å²) in [5.74, 6) is -0.0121. The first-order valence-corrected chi connectivity index (χ1v) is 5.93. The van der Waals surface area contributed by atoms with Crippen molar-refractivity contribution in [3.63, 3.8) is 0 Å². The molecule has 0 amide bonds. The largest absolute Gasteiger partial charge is 0.478 e. The Labute approximate surface area is 106 Å². The number of pyridine rings is 1. The van der Waals surface area contributed by atoms with E-state index in [1.807, 2.05) is 12.1 Å². The van der Waals surface area contributed by atoms with E-state index in [-0.39, 0.29) is 0 Å². The molecule has 4 nitrogen and oxygen atoms in total. The van der Waals surface area contributed by atoms with E-state index in [1.54, 1.807) is 12.3 Å². The molecule has 0 unspecified atom stereocenters. The number of aromatic nitrogens is 1. The van der Waals surface area contributed by atoms with Crippen molar-refractivity contribution in [1.82, 2.24) is 4.98 Å². The van der Waals surface area contributed by atoms with Crippen LogP contribution in [-0.4, -0.2) is 29.1 Å². The van der Waals surface area contributed by atoms with Crippen LogP contribution < -0.4 is 4.90 Å². The highest BCUT2D eigenvalue weighted by Crippen LogP contribution is 2.17. The molecule has 94 valence electrons. The molecule has 0 saturated carbocycles. The van der Waals surface area contributed by atoms with Crippen LogP contribution in [0.5, 0.6) is 0 Å². The van der Waals surface area contributed by atoms with E-state index in [1.165, 1.54) is 5.57 Å².